The Bertz CT molecular complexity index is 439. The van der Waals surface area contributed by atoms with E-state index < -0.39 is 0 Å². The SMILES string of the molecule is CCC(CC)(CN)NC(=O)CCCOc1ccc(OC)cc1.Cl. The fourth-order valence-electron chi connectivity index (χ4n) is 2.22. The van der Waals surface area contributed by atoms with Crippen LogP contribution in [0.25, 0.3) is 0 Å². The Morgan fingerprint density at radius 3 is 2.22 bits per heavy atom. The van der Waals surface area contributed by atoms with Crippen LogP contribution < -0.4 is 20.5 Å². The number of halogens is 1. The molecule has 1 aromatic rings. The largest absolute Gasteiger partial charge is 0.497 e. The molecule has 0 aliphatic heterocycles. The lowest BCUT2D eigenvalue weighted by atomic mass is 9.92. The van der Waals surface area contributed by atoms with Crippen molar-refractivity contribution < 1.29 is 14.3 Å². The quantitative estimate of drug-likeness (QED) is 0.640. The monoisotopic (exact) mass is 344 g/mol. The van der Waals surface area contributed by atoms with E-state index in [9.17, 15) is 4.79 Å². The van der Waals surface area contributed by atoms with Gasteiger partial charge in [0.05, 0.1) is 19.3 Å². The minimum atomic E-state index is -0.270. The van der Waals surface area contributed by atoms with Crippen molar-refractivity contribution in [2.75, 3.05) is 20.3 Å². The smallest absolute Gasteiger partial charge is 0.220 e. The van der Waals surface area contributed by atoms with Gasteiger partial charge in [-0.25, -0.2) is 0 Å². The molecule has 1 amide bonds. The number of nitrogens with two attached hydrogens (primary N) is 1. The van der Waals surface area contributed by atoms with Gasteiger partial charge in [-0.2, -0.15) is 0 Å². The highest BCUT2D eigenvalue weighted by Crippen LogP contribution is 2.17. The first kappa shape index (κ1) is 21.5. The fourth-order valence-corrected chi connectivity index (χ4v) is 2.22. The van der Waals surface area contributed by atoms with Gasteiger partial charge in [0.25, 0.3) is 0 Å². The summed E-state index contributed by atoms with van der Waals surface area (Å²) < 4.78 is 10.7. The Morgan fingerprint density at radius 1 is 1.17 bits per heavy atom. The van der Waals surface area contributed by atoms with Crippen molar-refractivity contribution >= 4 is 18.3 Å². The highest BCUT2D eigenvalue weighted by molar-refractivity contribution is 5.85. The van der Waals surface area contributed by atoms with Crippen molar-refractivity contribution in [1.29, 1.82) is 0 Å². The van der Waals surface area contributed by atoms with Crippen LogP contribution in [0.4, 0.5) is 0 Å². The Balaban J connectivity index is 0.00000484. The number of nitrogens with one attached hydrogen (secondary N) is 1. The summed E-state index contributed by atoms with van der Waals surface area (Å²) in [6, 6.07) is 7.40. The second-order valence-corrected chi connectivity index (χ2v) is 5.37. The van der Waals surface area contributed by atoms with Gasteiger partial charge in [-0.1, -0.05) is 13.8 Å². The number of carbonyl (C=O) groups excluding carboxylic acids is 1. The van der Waals surface area contributed by atoms with Crippen LogP contribution in [0.15, 0.2) is 24.3 Å². The van der Waals surface area contributed by atoms with Gasteiger partial charge in [0.15, 0.2) is 0 Å². The summed E-state index contributed by atoms with van der Waals surface area (Å²) in [5.41, 5.74) is 5.51. The molecule has 5 nitrogen and oxygen atoms in total. The van der Waals surface area contributed by atoms with Crippen LogP contribution in [0.5, 0.6) is 11.5 Å². The Kier molecular flexibility index (Phi) is 10.4. The third kappa shape index (κ3) is 7.10. The number of ether oxygens (including phenoxy) is 2. The van der Waals surface area contributed by atoms with Crippen molar-refractivity contribution in [3.05, 3.63) is 24.3 Å². The third-order valence-corrected chi connectivity index (χ3v) is 4.03. The predicted octanol–water partition coefficient (Wildman–Crippen LogP) is 2.91. The maximum Gasteiger partial charge on any atom is 0.220 e. The lowest BCUT2D eigenvalue weighted by Crippen LogP contribution is -2.52. The maximum atomic E-state index is 12.0. The summed E-state index contributed by atoms with van der Waals surface area (Å²) in [5, 5.41) is 3.06. The molecule has 0 aliphatic carbocycles. The van der Waals surface area contributed by atoms with E-state index >= 15 is 0 Å². The van der Waals surface area contributed by atoms with Crippen LogP contribution in [-0.4, -0.2) is 31.7 Å². The number of methoxy groups -OCH3 is 1. The van der Waals surface area contributed by atoms with Gasteiger partial charge in [-0.05, 0) is 43.5 Å². The average Bonchev–Trinajstić information content (AvgIpc) is 2.57. The molecule has 0 heterocycles. The molecular formula is C17H29ClN2O3. The standard InChI is InChI=1S/C17H28N2O3.ClH/c1-4-17(5-2,13-18)19-16(20)7-6-12-22-15-10-8-14(21-3)9-11-15;/h8-11H,4-7,12-13,18H2,1-3H3,(H,19,20);1H. The van der Waals surface area contributed by atoms with E-state index in [0.717, 1.165) is 24.3 Å². The molecule has 3 N–H and O–H groups in total. The number of hydrogen-bond acceptors (Lipinski definition) is 4. The average molecular weight is 345 g/mol. The first-order chi connectivity index (χ1) is 10.6. The molecule has 0 saturated heterocycles. The Hall–Kier alpha value is -1.46. The van der Waals surface area contributed by atoms with Crippen molar-refractivity contribution in [3.8, 4) is 11.5 Å². The van der Waals surface area contributed by atoms with E-state index in [1.165, 1.54) is 0 Å². The molecule has 0 atom stereocenters. The molecule has 6 heteroatoms. The molecule has 23 heavy (non-hydrogen) atoms. The summed E-state index contributed by atoms with van der Waals surface area (Å²) >= 11 is 0. The highest BCUT2D eigenvalue weighted by Gasteiger charge is 2.25. The second-order valence-electron chi connectivity index (χ2n) is 5.37. The summed E-state index contributed by atoms with van der Waals surface area (Å²) in [6.07, 6.45) is 2.80. The van der Waals surface area contributed by atoms with Crippen LogP contribution in [0.1, 0.15) is 39.5 Å². The molecule has 0 saturated carbocycles. The van der Waals surface area contributed by atoms with Crippen LogP contribution in [0.3, 0.4) is 0 Å². The van der Waals surface area contributed by atoms with E-state index in [-0.39, 0.29) is 23.9 Å². The molecule has 132 valence electrons. The summed E-state index contributed by atoms with van der Waals surface area (Å²) in [6.45, 7) is 5.06. The molecule has 0 spiro atoms. The van der Waals surface area contributed by atoms with Gasteiger partial charge < -0.3 is 20.5 Å². The van der Waals surface area contributed by atoms with E-state index in [1.54, 1.807) is 7.11 Å². The molecule has 1 rings (SSSR count). The van der Waals surface area contributed by atoms with E-state index in [4.69, 9.17) is 15.2 Å². The van der Waals surface area contributed by atoms with Gasteiger partial charge in [0, 0.05) is 13.0 Å². The molecule has 0 aliphatic rings. The lowest BCUT2D eigenvalue weighted by molar-refractivity contribution is -0.123. The molecule has 0 radical (unpaired) electrons. The topological polar surface area (TPSA) is 73.6 Å². The zero-order chi connectivity index (χ0) is 16.4. The zero-order valence-electron chi connectivity index (χ0n) is 14.3. The van der Waals surface area contributed by atoms with E-state index in [1.807, 2.05) is 38.1 Å². The van der Waals surface area contributed by atoms with Crippen molar-refractivity contribution in [3.63, 3.8) is 0 Å². The molecule has 0 bridgehead atoms. The minimum Gasteiger partial charge on any atom is -0.497 e. The molecular weight excluding hydrogens is 316 g/mol. The van der Waals surface area contributed by atoms with Gasteiger partial charge in [-0.3, -0.25) is 4.79 Å². The molecule has 1 aromatic carbocycles. The fraction of sp³-hybridized carbons (Fsp3) is 0.588. The summed E-state index contributed by atoms with van der Waals surface area (Å²) in [5.74, 6) is 1.61. The summed E-state index contributed by atoms with van der Waals surface area (Å²) in [7, 11) is 1.63. The van der Waals surface area contributed by atoms with Crippen molar-refractivity contribution in [2.24, 2.45) is 5.73 Å². The highest BCUT2D eigenvalue weighted by atomic mass is 35.5. The first-order valence-corrected chi connectivity index (χ1v) is 7.87. The van der Waals surface area contributed by atoms with Gasteiger partial charge >= 0.3 is 0 Å². The van der Waals surface area contributed by atoms with E-state index in [0.29, 0.717) is 26.0 Å². The maximum absolute atomic E-state index is 12.0. The van der Waals surface area contributed by atoms with Gasteiger partial charge in [-0.15, -0.1) is 12.4 Å². The number of carbonyl (C=O) groups is 1. The van der Waals surface area contributed by atoms with Crippen LogP contribution in [0.2, 0.25) is 0 Å². The lowest BCUT2D eigenvalue weighted by Gasteiger charge is -2.31. The molecule has 0 fully saturated rings. The Morgan fingerprint density at radius 2 is 1.74 bits per heavy atom. The number of benzene rings is 1. The minimum absolute atomic E-state index is 0. The second kappa shape index (κ2) is 11.1. The number of rotatable bonds is 10. The van der Waals surface area contributed by atoms with Crippen molar-refractivity contribution in [2.45, 2.75) is 45.1 Å². The van der Waals surface area contributed by atoms with Crippen LogP contribution >= 0.6 is 12.4 Å². The van der Waals surface area contributed by atoms with Crippen molar-refractivity contribution in [1.82, 2.24) is 5.32 Å². The zero-order valence-corrected chi connectivity index (χ0v) is 15.1. The van der Waals surface area contributed by atoms with Gasteiger partial charge in [0.1, 0.15) is 11.5 Å². The molecule has 0 aromatic heterocycles. The number of hydrogen-bond donors (Lipinski definition) is 2. The predicted molar refractivity (Wildman–Crippen MR) is 95.5 cm³/mol. The Labute approximate surface area is 145 Å². The normalized spacial score (nSPS) is 10.6. The van der Waals surface area contributed by atoms with Crippen LogP contribution in [-0.2, 0) is 4.79 Å². The summed E-state index contributed by atoms with van der Waals surface area (Å²) in [4.78, 5) is 12.0. The van der Waals surface area contributed by atoms with Gasteiger partial charge in [0.2, 0.25) is 5.91 Å². The first-order valence-electron chi connectivity index (χ1n) is 7.87. The van der Waals surface area contributed by atoms with Crippen LogP contribution in [0, 0.1) is 0 Å². The third-order valence-electron chi connectivity index (χ3n) is 4.03. The molecule has 0 unspecified atom stereocenters. The van der Waals surface area contributed by atoms with E-state index in [2.05, 4.69) is 5.32 Å². The number of amides is 1.